The van der Waals surface area contributed by atoms with E-state index in [0.717, 1.165) is 35.1 Å². The van der Waals surface area contributed by atoms with Crippen molar-refractivity contribution < 1.29 is 31.5 Å². The Bertz CT molecular complexity index is 1500. The third-order valence-electron chi connectivity index (χ3n) is 5.26. The number of benzene rings is 2. The van der Waals surface area contributed by atoms with Crippen LogP contribution in [-0.4, -0.2) is 26.9 Å². The first-order chi connectivity index (χ1) is 17.5. The lowest BCUT2D eigenvalue weighted by Crippen LogP contribution is -2.26. The highest BCUT2D eigenvalue weighted by Crippen LogP contribution is 2.34. The van der Waals surface area contributed by atoms with Gasteiger partial charge >= 0.3 is 12.8 Å². The summed E-state index contributed by atoms with van der Waals surface area (Å²) in [5.41, 5.74) is -2.06. The Morgan fingerprint density at radius 1 is 1.05 bits per heavy atom. The van der Waals surface area contributed by atoms with Crippen LogP contribution in [0.5, 0.6) is 5.75 Å². The van der Waals surface area contributed by atoms with Gasteiger partial charge in [0.05, 0.1) is 5.69 Å². The molecule has 0 unspecified atom stereocenters. The van der Waals surface area contributed by atoms with Gasteiger partial charge in [0.25, 0.3) is 11.5 Å². The molecule has 0 bridgehead atoms. The van der Waals surface area contributed by atoms with Gasteiger partial charge in [-0.25, -0.2) is 4.98 Å². The number of halogens is 6. The molecule has 2 aromatic carbocycles. The van der Waals surface area contributed by atoms with Gasteiger partial charge in [-0.2, -0.15) is 26.6 Å². The molecule has 2 heterocycles. The largest absolute Gasteiger partial charge is 0.435 e. The van der Waals surface area contributed by atoms with Crippen molar-refractivity contribution in [1.29, 1.82) is 0 Å². The summed E-state index contributed by atoms with van der Waals surface area (Å²) >= 11 is 5.95. The first-order valence-corrected chi connectivity index (χ1v) is 10.8. The maximum Gasteiger partial charge on any atom is 0.420 e. The van der Waals surface area contributed by atoms with Crippen molar-refractivity contribution in [2.45, 2.75) is 12.8 Å². The molecule has 0 aliphatic rings. The van der Waals surface area contributed by atoms with Gasteiger partial charge in [0.2, 0.25) is 0 Å². The van der Waals surface area contributed by atoms with Gasteiger partial charge in [-0.15, -0.1) is 0 Å². The number of carbonyl (C=O) groups excluding carboxylic acids is 1. The molecule has 0 spiro atoms. The van der Waals surface area contributed by atoms with Crippen molar-refractivity contribution in [3.63, 3.8) is 0 Å². The zero-order valence-electron chi connectivity index (χ0n) is 18.8. The highest BCUT2D eigenvalue weighted by molar-refractivity contribution is 6.30. The Morgan fingerprint density at radius 2 is 1.70 bits per heavy atom. The monoisotopic (exact) mass is 538 g/mol. The maximum atomic E-state index is 13.7. The number of carbonyl (C=O) groups is 1. The fraction of sp³-hybridized carbons (Fsp3) is 0.125. The molecule has 1 N–H and O–H groups in total. The summed E-state index contributed by atoms with van der Waals surface area (Å²) in [4.78, 5) is 30.2. The van der Waals surface area contributed by atoms with E-state index >= 15 is 0 Å². The van der Waals surface area contributed by atoms with Crippen LogP contribution in [-0.2, 0) is 13.2 Å². The van der Waals surface area contributed by atoms with Crippen LogP contribution in [0.15, 0.2) is 71.7 Å². The molecule has 0 saturated heterocycles. The minimum Gasteiger partial charge on any atom is -0.435 e. The van der Waals surface area contributed by atoms with E-state index in [4.69, 9.17) is 11.6 Å². The molecule has 13 heteroatoms. The van der Waals surface area contributed by atoms with E-state index in [1.165, 1.54) is 43.4 Å². The fourth-order valence-electron chi connectivity index (χ4n) is 3.66. The third-order valence-corrected chi connectivity index (χ3v) is 5.51. The van der Waals surface area contributed by atoms with Crippen LogP contribution in [0.3, 0.4) is 0 Å². The number of pyridine rings is 1. The fourth-order valence-corrected chi connectivity index (χ4v) is 3.78. The second-order valence-electron chi connectivity index (χ2n) is 7.60. The number of alkyl halides is 5. The molecule has 0 saturated carbocycles. The van der Waals surface area contributed by atoms with Crippen molar-refractivity contribution in [3.8, 4) is 22.8 Å². The van der Waals surface area contributed by atoms with E-state index in [2.05, 4.69) is 15.0 Å². The Balaban J connectivity index is 1.85. The number of amides is 1. The number of nitrogens with one attached hydrogen (secondary N) is 1. The minimum atomic E-state index is -4.82. The normalized spacial score (nSPS) is 11.6. The summed E-state index contributed by atoms with van der Waals surface area (Å²) in [7, 11) is 1.34. The molecular weight excluding hydrogens is 523 g/mol. The molecule has 4 aromatic rings. The molecule has 0 atom stereocenters. The number of aromatic nitrogens is 3. The average Bonchev–Trinajstić information content (AvgIpc) is 3.08. The average molecular weight is 539 g/mol. The minimum absolute atomic E-state index is 0.0210. The van der Waals surface area contributed by atoms with Crippen LogP contribution < -0.4 is 15.6 Å². The van der Waals surface area contributed by atoms with Crippen molar-refractivity contribution >= 4 is 23.2 Å². The predicted molar refractivity (Wildman–Crippen MR) is 125 cm³/mol. The molecule has 192 valence electrons. The summed E-state index contributed by atoms with van der Waals surface area (Å²) in [6.07, 6.45) is -3.72. The second-order valence-corrected chi connectivity index (χ2v) is 8.04. The van der Waals surface area contributed by atoms with Crippen LogP contribution in [0.25, 0.3) is 17.1 Å². The molecule has 0 aliphatic heterocycles. The number of hydrogen-bond donors (Lipinski definition) is 1. The van der Waals surface area contributed by atoms with Crippen LogP contribution in [0.2, 0.25) is 5.02 Å². The Kier molecular flexibility index (Phi) is 7.03. The summed E-state index contributed by atoms with van der Waals surface area (Å²) in [5.74, 6) is -1.69. The first-order valence-electron chi connectivity index (χ1n) is 10.4. The lowest BCUT2D eigenvalue weighted by molar-refractivity contribution is -0.137. The van der Waals surface area contributed by atoms with E-state index in [1.807, 2.05) is 0 Å². The first kappa shape index (κ1) is 25.9. The van der Waals surface area contributed by atoms with E-state index in [0.29, 0.717) is 15.3 Å². The van der Waals surface area contributed by atoms with Gasteiger partial charge in [-0.05, 0) is 48.5 Å². The quantitative estimate of drug-likeness (QED) is 0.316. The van der Waals surface area contributed by atoms with Gasteiger partial charge in [-0.1, -0.05) is 23.7 Å². The summed E-state index contributed by atoms with van der Waals surface area (Å²) < 4.78 is 72.0. The van der Waals surface area contributed by atoms with E-state index in [9.17, 15) is 31.5 Å². The van der Waals surface area contributed by atoms with Crippen molar-refractivity contribution in [1.82, 2.24) is 14.3 Å². The van der Waals surface area contributed by atoms with E-state index in [1.54, 1.807) is 0 Å². The molecule has 4 rings (SSSR count). The van der Waals surface area contributed by atoms with Crippen molar-refractivity contribution in [3.05, 3.63) is 93.4 Å². The lowest BCUT2D eigenvalue weighted by Gasteiger charge is -2.14. The number of ether oxygens (including phenoxy) is 1. The van der Waals surface area contributed by atoms with Crippen molar-refractivity contribution in [2.24, 2.45) is 7.05 Å². The topological polar surface area (TPSA) is 78.2 Å². The number of hydrogen-bond acceptors (Lipinski definition) is 4. The number of nitrogens with zero attached hydrogens (tertiary/aromatic N) is 3. The molecule has 7 nitrogen and oxygen atoms in total. The predicted octanol–water partition coefficient (Wildman–Crippen LogP) is 5.76. The van der Waals surface area contributed by atoms with E-state index in [-0.39, 0.29) is 22.7 Å². The Labute approximate surface area is 210 Å². The molecule has 37 heavy (non-hydrogen) atoms. The van der Waals surface area contributed by atoms with Gasteiger partial charge < -0.3 is 10.1 Å². The second kappa shape index (κ2) is 10.1. The molecular formula is C24H16ClF5N4O3. The maximum absolute atomic E-state index is 13.7. The van der Waals surface area contributed by atoms with Crippen LogP contribution in [0.4, 0.5) is 27.6 Å². The van der Waals surface area contributed by atoms with E-state index < -0.39 is 35.6 Å². The SMILES string of the molecule is Cn1c(-c2ccc(Cl)cc2)c(NC(=O)c2ccc(OC(F)F)cc2)c(=O)n1-c1ncccc1C(F)(F)F. The van der Waals surface area contributed by atoms with Crippen LogP contribution >= 0.6 is 11.6 Å². The molecule has 1 amide bonds. The number of rotatable bonds is 6. The van der Waals surface area contributed by atoms with Crippen LogP contribution in [0.1, 0.15) is 15.9 Å². The Morgan fingerprint density at radius 3 is 2.30 bits per heavy atom. The molecule has 2 aromatic heterocycles. The molecule has 0 fully saturated rings. The smallest absolute Gasteiger partial charge is 0.420 e. The Hall–Kier alpha value is -4.19. The van der Waals surface area contributed by atoms with Gasteiger partial charge in [-0.3, -0.25) is 14.3 Å². The standard InChI is InChI=1S/C24H16ClF5N4O3/c1-33-19(13-4-8-15(25)9-5-13)18(32-21(35)14-6-10-16(11-7-14)37-23(26)27)22(36)34(33)20-17(24(28,29)30)3-2-12-31-20/h2-12,23H,1H3,(H,32,35). The zero-order chi connectivity index (χ0) is 26.9. The van der Waals surface area contributed by atoms with Gasteiger partial charge in [0, 0.05) is 29.4 Å². The summed E-state index contributed by atoms with van der Waals surface area (Å²) in [5, 5.41) is 2.80. The zero-order valence-corrected chi connectivity index (χ0v) is 19.5. The highest BCUT2D eigenvalue weighted by Gasteiger charge is 2.36. The molecule has 0 radical (unpaired) electrons. The lowest BCUT2D eigenvalue weighted by atomic mass is 10.1. The van der Waals surface area contributed by atoms with Crippen LogP contribution in [0, 0.1) is 0 Å². The van der Waals surface area contributed by atoms with Gasteiger partial charge in [0.15, 0.2) is 5.82 Å². The summed E-state index contributed by atoms with van der Waals surface area (Å²) in [6.45, 7) is -3.06. The molecule has 0 aliphatic carbocycles. The summed E-state index contributed by atoms with van der Waals surface area (Å²) in [6, 6.07) is 12.6. The number of anilines is 1. The highest BCUT2D eigenvalue weighted by atomic mass is 35.5. The van der Waals surface area contributed by atoms with Crippen molar-refractivity contribution in [2.75, 3.05) is 5.32 Å². The van der Waals surface area contributed by atoms with Gasteiger partial charge in [0.1, 0.15) is 17.0 Å². The third kappa shape index (κ3) is 5.33.